The van der Waals surface area contributed by atoms with Gasteiger partial charge in [0.1, 0.15) is 0 Å². The molecule has 4 unspecified atom stereocenters. The standard InChI is InChI=1S/C18H24N2O/c21-18(10-15-8-12-5-6-13(15)7-12)20-16-9-14-3-1-2-4-17(14)19-11-16/h1-4,12-13,15-16,19H,5-11H2,(H,20,21). The third kappa shape index (κ3) is 2.66. The molecule has 2 saturated carbocycles. The third-order valence-corrected chi connectivity index (χ3v) is 5.72. The molecule has 1 amide bonds. The Morgan fingerprint density at radius 3 is 2.95 bits per heavy atom. The quantitative estimate of drug-likeness (QED) is 0.896. The zero-order valence-electron chi connectivity index (χ0n) is 12.5. The van der Waals surface area contributed by atoms with E-state index in [1.807, 2.05) is 0 Å². The van der Waals surface area contributed by atoms with Crippen molar-refractivity contribution in [2.75, 3.05) is 11.9 Å². The lowest BCUT2D eigenvalue weighted by atomic mass is 9.86. The van der Waals surface area contributed by atoms with Crippen LogP contribution in [0.25, 0.3) is 0 Å². The Balaban J connectivity index is 1.31. The number of carbonyl (C=O) groups excluding carboxylic acids is 1. The van der Waals surface area contributed by atoms with Crippen molar-refractivity contribution in [3.8, 4) is 0 Å². The monoisotopic (exact) mass is 284 g/mol. The van der Waals surface area contributed by atoms with E-state index in [0.29, 0.717) is 5.92 Å². The Bertz CT molecular complexity index is 542. The van der Waals surface area contributed by atoms with Gasteiger partial charge in [-0.1, -0.05) is 24.6 Å². The molecule has 4 atom stereocenters. The first-order valence-corrected chi connectivity index (χ1v) is 8.39. The highest BCUT2D eigenvalue weighted by atomic mass is 16.1. The molecule has 2 bridgehead atoms. The van der Waals surface area contributed by atoms with Crippen LogP contribution in [0.1, 0.15) is 37.7 Å². The molecule has 2 N–H and O–H groups in total. The first kappa shape index (κ1) is 13.2. The molecule has 21 heavy (non-hydrogen) atoms. The SMILES string of the molecule is O=C(CC1CC2CCC1C2)NC1CNc2ccccc2C1. The van der Waals surface area contributed by atoms with E-state index in [1.54, 1.807) is 0 Å². The van der Waals surface area contributed by atoms with Crippen molar-refractivity contribution in [2.24, 2.45) is 17.8 Å². The number of anilines is 1. The number of hydrogen-bond donors (Lipinski definition) is 2. The van der Waals surface area contributed by atoms with Gasteiger partial charge in [0.05, 0.1) is 6.04 Å². The summed E-state index contributed by atoms with van der Waals surface area (Å²) in [7, 11) is 0. The number of nitrogens with one attached hydrogen (secondary N) is 2. The minimum Gasteiger partial charge on any atom is -0.383 e. The van der Waals surface area contributed by atoms with E-state index in [1.165, 1.54) is 36.9 Å². The summed E-state index contributed by atoms with van der Waals surface area (Å²) in [5.74, 6) is 2.69. The van der Waals surface area contributed by atoms with Crippen molar-refractivity contribution < 1.29 is 4.79 Å². The topological polar surface area (TPSA) is 41.1 Å². The molecule has 3 aliphatic rings. The van der Waals surface area contributed by atoms with Crippen molar-refractivity contribution >= 4 is 11.6 Å². The van der Waals surface area contributed by atoms with Crippen molar-refractivity contribution in [3.05, 3.63) is 29.8 Å². The van der Waals surface area contributed by atoms with Crippen LogP contribution in [0.5, 0.6) is 0 Å². The van der Waals surface area contributed by atoms with E-state index in [0.717, 1.165) is 31.2 Å². The Labute approximate surface area is 126 Å². The van der Waals surface area contributed by atoms with Crippen LogP contribution >= 0.6 is 0 Å². The van der Waals surface area contributed by atoms with Gasteiger partial charge in [0.2, 0.25) is 5.91 Å². The van der Waals surface area contributed by atoms with E-state index in [9.17, 15) is 4.79 Å². The molecule has 3 nitrogen and oxygen atoms in total. The molecular weight excluding hydrogens is 260 g/mol. The predicted molar refractivity (Wildman–Crippen MR) is 84.1 cm³/mol. The summed E-state index contributed by atoms with van der Waals surface area (Å²) in [6, 6.07) is 8.63. The normalized spacial score (nSPS) is 33.3. The molecule has 1 aromatic carbocycles. The van der Waals surface area contributed by atoms with E-state index in [-0.39, 0.29) is 11.9 Å². The van der Waals surface area contributed by atoms with Crippen LogP contribution in [-0.4, -0.2) is 18.5 Å². The van der Waals surface area contributed by atoms with E-state index >= 15 is 0 Å². The fraction of sp³-hybridized carbons (Fsp3) is 0.611. The summed E-state index contributed by atoms with van der Waals surface area (Å²) < 4.78 is 0. The number of para-hydroxylation sites is 1. The van der Waals surface area contributed by atoms with Crippen molar-refractivity contribution in [3.63, 3.8) is 0 Å². The summed E-state index contributed by atoms with van der Waals surface area (Å²) in [6.45, 7) is 0.847. The molecule has 112 valence electrons. The molecule has 2 fully saturated rings. The second-order valence-electron chi connectivity index (χ2n) is 7.15. The first-order chi connectivity index (χ1) is 10.3. The lowest BCUT2D eigenvalue weighted by Crippen LogP contribution is -2.44. The summed E-state index contributed by atoms with van der Waals surface area (Å²) in [5, 5.41) is 6.67. The summed E-state index contributed by atoms with van der Waals surface area (Å²) >= 11 is 0. The fourth-order valence-electron chi connectivity index (χ4n) is 4.69. The van der Waals surface area contributed by atoms with Gasteiger partial charge in [0, 0.05) is 18.7 Å². The summed E-state index contributed by atoms with van der Waals surface area (Å²) in [5.41, 5.74) is 2.53. The number of benzene rings is 1. The van der Waals surface area contributed by atoms with Gasteiger partial charge < -0.3 is 10.6 Å². The van der Waals surface area contributed by atoms with Crippen molar-refractivity contribution in [2.45, 2.75) is 44.6 Å². The number of hydrogen-bond acceptors (Lipinski definition) is 2. The van der Waals surface area contributed by atoms with Crippen LogP contribution in [0.15, 0.2) is 24.3 Å². The number of carbonyl (C=O) groups is 1. The molecule has 1 aliphatic heterocycles. The van der Waals surface area contributed by atoms with Gasteiger partial charge in [-0.3, -0.25) is 4.79 Å². The minimum atomic E-state index is 0.242. The molecule has 4 rings (SSSR count). The van der Waals surface area contributed by atoms with Gasteiger partial charge in [-0.25, -0.2) is 0 Å². The molecular formula is C18H24N2O. The lowest BCUT2D eigenvalue weighted by molar-refractivity contribution is -0.123. The van der Waals surface area contributed by atoms with E-state index in [4.69, 9.17) is 0 Å². The molecule has 0 aromatic heterocycles. The van der Waals surface area contributed by atoms with Crippen molar-refractivity contribution in [1.82, 2.24) is 5.32 Å². The van der Waals surface area contributed by atoms with Crippen molar-refractivity contribution in [1.29, 1.82) is 0 Å². The third-order valence-electron chi connectivity index (χ3n) is 5.72. The molecule has 1 aromatic rings. The Kier molecular flexibility index (Phi) is 3.36. The number of fused-ring (bicyclic) bond motifs is 3. The molecule has 0 spiro atoms. The van der Waals surface area contributed by atoms with Gasteiger partial charge in [-0.2, -0.15) is 0 Å². The number of amides is 1. The number of rotatable bonds is 3. The molecule has 1 heterocycles. The van der Waals surface area contributed by atoms with Gasteiger partial charge in [0.25, 0.3) is 0 Å². The van der Waals surface area contributed by atoms with E-state index < -0.39 is 0 Å². The van der Waals surface area contributed by atoms with Gasteiger partial charge in [0.15, 0.2) is 0 Å². The molecule has 0 radical (unpaired) electrons. The molecule has 3 heteroatoms. The maximum atomic E-state index is 12.3. The van der Waals surface area contributed by atoms with Crippen LogP contribution in [0.4, 0.5) is 5.69 Å². The van der Waals surface area contributed by atoms with Gasteiger partial charge in [-0.15, -0.1) is 0 Å². The van der Waals surface area contributed by atoms with Gasteiger partial charge >= 0.3 is 0 Å². The molecule has 0 saturated heterocycles. The van der Waals surface area contributed by atoms with Crippen LogP contribution in [0.2, 0.25) is 0 Å². The second kappa shape index (κ2) is 5.36. The first-order valence-electron chi connectivity index (χ1n) is 8.39. The average molecular weight is 284 g/mol. The maximum Gasteiger partial charge on any atom is 0.220 e. The largest absolute Gasteiger partial charge is 0.383 e. The Morgan fingerprint density at radius 2 is 2.14 bits per heavy atom. The average Bonchev–Trinajstić information content (AvgIpc) is 3.09. The zero-order chi connectivity index (χ0) is 14.2. The Hall–Kier alpha value is -1.51. The maximum absolute atomic E-state index is 12.3. The highest BCUT2D eigenvalue weighted by molar-refractivity contribution is 5.77. The summed E-state index contributed by atoms with van der Waals surface area (Å²) in [4.78, 5) is 12.3. The second-order valence-corrected chi connectivity index (χ2v) is 7.15. The minimum absolute atomic E-state index is 0.242. The predicted octanol–water partition coefficient (Wildman–Crippen LogP) is 2.97. The summed E-state index contributed by atoms with van der Waals surface area (Å²) in [6.07, 6.45) is 7.15. The molecule has 2 aliphatic carbocycles. The van der Waals surface area contributed by atoms with Gasteiger partial charge in [-0.05, 0) is 55.1 Å². The van der Waals surface area contributed by atoms with E-state index in [2.05, 4.69) is 34.9 Å². The smallest absolute Gasteiger partial charge is 0.220 e. The Morgan fingerprint density at radius 1 is 1.24 bits per heavy atom. The van der Waals surface area contributed by atoms with Crippen LogP contribution in [-0.2, 0) is 11.2 Å². The van der Waals surface area contributed by atoms with Crippen LogP contribution < -0.4 is 10.6 Å². The van der Waals surface area contributed by atoms with Crippen LogP contribution in [0.3, 0.4) is 0 Å². The fourth-order valence-corrected chi connectivity index (χ4v) is 4.69. The zero-order valence-corrected chi connectivity index (χ0v) is 12.5. The lowest BCUT2D eigenvalue weighted by Gasteiger charge is -2.28. The highest BCUT2D eigenvalue weighted by Crippen LogP contribution is 2.49. The highest BCUT2D eigenvalue weighted by Gasteiger charge is 2.40. The van der Waals surface area contributed by atoms with Crippen LogP contribution in [0, 0.1) is 17.8 Å².